The number of thiazole rings is 1. The van der Waals surface area contributed by atoms with Crippen molar-refractivity contribution in [2.45, 2.75) is 0 Å². The zero-order valence-electron chi connectivity index (χ0n) is 16.7. The standard InChI is InChI=1S/C22H20BrN5O2S/c23-16-2-4-18-20(14-16)31-22(26-18)28(8-7-27-9-11-30-12-10-27)21(29)15-1-3-17-19(13-15)25-6-5-24-17/h1-6,13-14H,7-12H2. The molecule has 0 aliphatic carbocycles. The molecule has 7 nitrogen and oxygen atoms in total. The maximum absolute atomic E-state index is 13.6. The van der Waals surface area contributed by atoms with Crippen molar-refractivity contribution in [3.05, 3.63) is 58.8 Å². The van der Waals surface area contributed by atoms with Gasteiger partial charge in [0, 0.05) is 48.6 Å². The molecule has 5 rings (SSSR count). The SMILES string of the molecule is O=C(c1ccc2nccnc2c1)N(CCN1CCOCC1)c1nc2ccc(Br)cc2s1. The average molecular weight is 498 g/mol. The predicted molar refractivity (Wildman–Crippen MR) is 126 cm³/mol. The Bertz CT molecular complexity index is 1240. The van der Waals surface area contributed by atoms with Crippen LogP contribution in [-0.4, -0.2) is 65.2 Å². The van der Waals surface area contributed by atoms with Crippen LogP contribution in [0.25, 0.3) is 21.3 Å². The number of morpholine rings is 1. The zero-order chi connectivity index (χ0) is 21.2. The minimum Gasteiger partial charge on any atom is -0.379 e. The highest BCUT2D eigenvalue weighted by atomic mass is 79.9. The van der Waals surface area contributed by atoms with Crippen molar-refractivity contribution in [1.82, 2.24) is 19.9 Å². The van der Waals surface area contributed by atoms with E-state index in [-0.39, 0.29) is 5.91 Å². The molecule has 3 heterocycles. The van der Waals surface area contributed by atoms with E-state index in [1.165, 1.54) is 11.3 Å². The van der Waals surface area contributed by atoms with Crippen LogP contribution in [0.2, 0.25) is 0 Å². The molecule has 158 valence electrons. The molecule has 0 saturated carbocycles. The molecule has 1 fully saturated rings. The van der Waals surface area contributed by atoms with Gasteiger partial charge < -0.3 is 4.74 Å². The second-order valence-corrected chi connectivity index (χ2v) is 9.20. The van der Waals surface area contributed by atoms with Gasteiger partial charge in [0.05, 0.1) is 34.5 Å². The summed E-state index contributed by atoms with van der Waals surface area (Å²) >= 11 is 5.04. The summed E-state index contributed by atoms with van der Waals surface area (Å²) in [5, 5.41) is 0.700. The number of anilines is 1. The number of carbonyl (C=O) groups excluding carboxylic acids is 1. The number of ether oxygens (including phenoxy) is 1. The smallest absolute Gasteiger partial charge is 0.260 e. The van der Waals surface area contributed by atoms with Gasteiger partial charge in [-0.15, -0.1) is 0 Å². The summed E-state index contributed by atoms with van der Waals surface area (Å²) < 4.78 is 7.48. The molecule has 1 saturated heterocycles. The molecule has 0 radical (unpaired) electrons. The summed E-state index contributed by atoms with van der Waals surface area (Å²) in [6, 6.07) is 11.4. The van der Waals surface area contributed by atoms with Crippen LogP contribution in [0.15, 0.2) is 53.3 Å². The minimum absolute atomic E-state index is 0.0843. The Morgan fingerprint density at radius 1 is 1.06 bits per heavy atom. The highest BCUT2D eigenvalue weighted by Gasteiger charge is 2.23. The largest absolute Gasteiger partial charge is 0.379 e. The molecule has 9 heteroatoms. The van der Waals surface area contributed by atoms with Crippen molar-refractivity contribution in [2.75, 3.05) is 44.3 Å². The first-order chi connectivity index (χ1) is 15.2. The Morgan fingerprint density at radius 2 is 1.84 bits per heavy atom. The molecule has 31 heavy (non-hydrogen) atoms. The summed E-state index contributed by atoms with van der Waals surface area (Å²) in [5.74, 6) is -0.0843. The second-order valence-electron chi connectivity index (χ2n) is 7.28. The highest BCUT2D eigenvalue weighted by molar-refractivity contribution is 9.10. The number of fused-ring (bicyclic) bond motifs is 2. The molecule has 0 spiro atoms. The van der Waals surface area contributed by atoms with Crippen LogP contribution in [-0.2, 0) is 4.74 Å². The monoisotopic (exact) mass is 497 g/mol. The van der Waals surface area contributed by atoms with E-state index in [4.69, 9.17) is 9.72 Å². The number of nitrogens with zero attached hydrogens (tertiary/aromatic N) is 5. The van der Waals surface area contributed by atoms with E-state index in [1.807, 2.05) is 30.3 Å². The van der Waals surface area contributed by atoms with Crippen LogP contribution in [0.1, 0.15) is 10.4 Å². The first-order valence-electron chi connectivity index (χ1n) is 10.1. The lowest BCUT2D eigenvalue weighted by molar-refractivity contribution is 0.0391. The van der Waals surface area contributed by atoms with Crippen LogP contribution in [0, 0.1) is 0 Å². The molecule has 0 bridgehead atoms. The number of halogens is 1. The predicted octanol–water partition coefficient (Wildman–Crippen LogP) is 3.98. The maximum Gasteiger partial charge on any atom is 0.260 e. The molecule has 4 aromatic rings. The number of hydrogen-bond acceptors (Lipinski definition) is 7. The van der Waals surface area contributed by atoms with Gasteiger partial charge >= 0.3 is 0 Å². The summed E-state index contributed by atoms with van der Waals surface area (Å²) in [5.41, 5.74) is 2.94. The van der Waals surface area contributed by atoms with Crippen molar-refractivity contribution in [3.8, 4) is 0 Å². The molecule has 0 atom stereocenters. The molecule has 2 aromatic heterocycles. The van der Waals surface area contributed by atoms with Gasteiger partial charge in [-0.2, -0.15) is 0 Å². The van der Waals surface area contributed by atoms with Crippen LogP contribution in [0.3, 0.4) is 0 Å². The van der Waals surface area contributed by atoms with Crippen molar-refractivity contribution in [2.24, 2.45) is 0 Å². The van der Waals surface area contributed by atoms with Gasteiger partial charge in [-0.1, -0.05) is 27.3 Å². The Morgan fingerprint density at radius 3 is 2.68 bits per heavy atom. The van der Waals surface area contributed by atoms with Gasteiger partial charge in [0.25, 0.3) is 5.91 Å². The fraction of sp³-hybridized carbons (Fsp3) is 0.273. The summed E-state index contributed by atoms with van der Waals surface area (Å²) in [7, 11) is 0. The first kappa shape index (κ1) is 20.4. The molecule has 1 aliphatic rings. The van der Waals surface area contributed by atoms with E-state index < -0.39 is 0 Å². The maximum atomic E-state index is 13.6. The number of hydrogen-bond donors (Lipinski definition) is 0. The Balaban J connectivity index is 1.48. The second kappa shape index (κ2) is 8.96. The normalized spacial score (nSPS) is 14.9. The van der Waals surface area contributed by atoms with E-state index >= 15 is 0 Å². The Labute approximate surface area is 191 Å². The van der Waals surface area contributed by atoms with Gasteiger partial charge in [0.1, 0.15) is 0 Å². The lowest BCUT2D eigenvalue weighted by Crippen LogP contribution is -2.43. The molecule has 1 aliphatic heterocycles. The molecule has 0 N–H and O–H groups in total. The fourth-order valence-electron chi connectivity index (χ4n) is 3.60. The van der Waals surface area contributed by atoms with E-state index in [0.717, 1.165) is 53.1 Å². The quantitative estimate of drug-likeness (QED) is 0.415. The van der Waals surface area contributed by atoms with Crippen LogP contribution < -0.4 is 4.90 Å². The number of benzene rings is 2. The number of rotatable bonds is 5. The van der Waals surface area contributed by atoms with Crippen molar-refractivity contribution < 1.29 is 9.53 Å². The first-order valence-corrected chi connectivity index (χ1v) is 11.7. The molecule has 1 amide bonds. The third-order valence-corrected chi connectivity index (χ3v) is 6.81. The average Bonchev–Trinajstić information content (AvgIpc) is 3.22. The molecule has 2 aromatic carbocycles. The molecular formula is C22H20BrN5O2S. The van der Waals surface area contributed by atoms with Gasteiger partial charge in [0.2, 0.25) is 0 Å². The van der Waals surface area contributed by atoms with E-state index in [0.29, 0.717) is 22.8 Å². The fourth-order valence-corrected chi connectivity index (χ4v) is 5.15. The molecular weight excluding hydrogens is 478 g/mol. The van der Waals surface area contributed by atoms with E-state index in [1.54, 1.807) is 23.4 Å². The van der Waals surface area contributed by atoms with Crippen molar-refractivity contribution in [3.63, 3.8) is 0 Å². The Hall–Kier alpha value is -2.46. The summed E-state index contributed by atoms with van der Waals surface area (Å²) in [4.78, 5) is 31.1. The summed E-state index contributed by atoms with van der Waals surface area (Å²) in [6.07, 6.45) is 3.29. The highest BCUT2D eigenvalue weighted by Crippen LogP contribution is 2.32. The van der Waals surface area contributed by atoms with E-state index in [9.17, 15) is 4.79 Å². The summed E-state index contributed by atoms with van der Waals surface area (Å²) in [6.45, 7) is 4.53. The number of amides is 1. The van der Waals surface area contributed by atoms with Crippen LogP contribution in [0.5, 0.6) is 0 Å². The van der Waals surface area contributed by atoms with Gasteiger partial charge in [-0.3, -0.25) is 24.6 Å². The number of carbonyl (C=O) groups is 1. The van der Waals surface area contributed by atoms with E-state index in [2.05, 4.69) is 30.8 Å². The third kappa shape index (κ3) is 4.45. The van der Waals surface area contributed by atoms with Gasteiger partial charge in [-0.25, -0.2) is 4.98 Å². The topological polar surface area (TPSA) is 71.5 Å². The van der Waals surface area contributed by atoms with Gasteiger partial charge in [0.15, 0.2) is 5.13 Å². The third-order valence-electron chi connectivity index (χ3n) is 5.28. The van der Waals surface area contributed by atoms with Gasteiger partial charge in [-0.05, 0) is 36.4 Å². The number of aromatic nitrogens is 3. The van der Waals surface area contributed by atoms with Crippen LogP contribution >= 0.6 is 27.3 Å². The zero-order valence-corrected chi connectivity index (χ0v) is 19.1. The lowest BCUT2D eigenvalue weighted by atomic mass is 10.1. The van der Waals surface area contributed by atoms with Crippen molar-refractivity contribution >= 4 is 59.6 Å². The lowest BCUT2D eigenvalue weighted by Gasteiger charge is -2.29. The Kier molecular flexibility index (Phi) is 5.91. The van der Waals surface area contributed by atoms with Crippen molar-refractivity contribution in [1.29, 1.82) is 0 Å². The molecule has 0 unspecified atom stereocenters. The van der Waals surface area contributed by atoms with Crippen LogP contribution in [0.4, 0.5) is 5.13 Å². The minimum atomic E-state index is -0.0843.